The normalized spacial score (nSPS) is 15.2. The van der Waals surface area contributed by atoms with Gasteiger partial charge in [0.2, 0.25) is 5.91 Å². The average Bonchev–Trinajstić information content (AvgIpc) is 3.44. The van der Waals surface area contributed by atoms with E-state index in [0.717, 1.165) is 41.9 Å². The fraction of sp³-hybridized carbons (Fsp3) is 0.348. The molecule has 1 unspecified atom stereocenters. The summed E-state index contributed by atoms with van der Waals surface area (Å²) in [7, 11) is 0. The van der Waals surface area contributed by atoms with E-state index < -0.39 is 0 Å². The molecule has 1 aliphatic rings. The maximum absolute atomic E-state index is 12.7. The second-order valence-corrected chi connectivity index (χ2v) is 8.82. The van der Waals surface area contributed by atoms with E-state index in [1.54, 1.807) is 0 Å². The van der Waals surface area contributed by atoms with Crippen molar-refractivity contribution >= 4 is 17.7 Å². The van der Waals surface area contributed by atoms with Crippen molar-refractivity contribution < 1.29 is 4.79 Å². The summed E-state index contributed by atoms with van der Waals surface area (Å²) in [6, 6.07) is 20.1. The van der Waals surface area contributed by atoms with E-state index in [9.17, 15) is 4.79 Å². The Morgan fingerprint density at radius 1 is 1.03 bits per heavy atom. The summed E-state index contributed by atoms with van der Waals surface area (Å²) in [5.74, 6) is 0.912. The molecule has 1 atom stereocenters. The molecule has 1 saturated heterocycles. The van der Waals surface area contributed by atoms with Gasteiger partial charge in [-0.25, -0.2) is 0 Å². The van der Waals surface area contributed by atoms with Crippen LogP contribution in [0.1, 0.15) is 31.2 Å². The number of amides is 1. The third kappa shape index (κ3) is 5.09. The molecular formula is C23H27N5OS. The van der Waals surface area contributed by atoms with Crippen LogP contribution in [0.3, 0.4) is 0 Å². The Morgan fingerprint density at radius 2 is 1.70 bits per heavy atom. The van der Waals surface area contributed by atoms with E-state index in [-0.39, 0.29) is 11.2 Å². The smallest absolute Gasteiger partial charge is 0.233 e. The van der Waals surface area contributed by atoms with Crippen LogP contribution in [0, 0.1) is 0 Å². The molecule has 1 aliphatic heterocycles. The number of para-hydroxylation sites is 1. The summed E-state index contributed by atoms with van der Waals surface area (Å²) < 4.78 is 2.09. The first-order chi connectivity index (χ1) is 14.7. The minimum atomic E-state index is -0.278. The van der Waals surface area contributed by atoms with Gasteiger partial charge < -0.3 is 5.32 Å². The lowest BCUT2D eigenvalue weighted by atomic mass is 10.2. The van der Waals surface area contributed by atoms with Gasteiger partial charge in [-0.3, -0.25) is 14.3 Å². The third-order valence-electron chi connectivity index (χ3n) is 5.24. The quantitative estimate of drug-likeness (QED) is 0.563. The number of carbonyl (C=O) groups excluding carboxylic acids is 1. The summed E-state index contributed by atoms with van der Waals surface area (Å²) in [6.07, 6.45) is 2.47. The number of rotatable bonds is 8. The summed E-state index contributed by atoms with van der Waals surface area (Å²) in [5.41, 5.74) is 2.11. The van der Waals surface area contributed by atoms with Crippen LogP contribution in [0.5, 0.6) is 0 Å². The first-order valence-corrected chi connectivity index (χ1v) is 11.3. The largest absolute Gasteiger partial charge is 0.351 e. The molecule has 1 aromatic heterocycles. The van der Waals surface area contributed by atoms with Crippen molar-refractivity contribution in [3.63, 3.8) is 0 Å². The lowest BCUT2D eigenvalue weighted by molar-refractivity contribution is -0.120. The second kappa shape index (κ2) is 9.91. The van der Waals surface area contributed by atoms with Crippen LogP contribution < -0.4 is 5.32 Å². The third-order valence-corrected chi connectivity index (χ3v) is 6.28. The second-order valence-electron chi connectivity index (χ2n) is 7.52. The van der Waals surface area contributed by atoms with Gasteiger partial charge in [0.1, 0.15) is 0 Å². The predicted octanol–water partition coefficient (Wildman–Crippen LogP) is 3.66. The SMILES string of the molecule is CC(Sc1nnc(CN2CCCC2)n1-c1ccccc1)C(=O)NCc1ccccc1. The molecule has 1 amide bonds. The molecule has 2 heterocycles. The fourth-order valence-corrected chi connectivity index (χ4v) is 4.51. The fourth-order valence-electron chi connectivity index (χ4n) is 3.60. The van der Waals surface area contributed by atoms with E-state index >= 15 is 0 Å². The van der Waals surface area contributed by atoms with Gasteiger partial charge >= 0.3 is 0 Å². The number of hydrogen-bond donors (Lipinski definition) is 1. The lowest BCUT2D eigenvalue weighted by Gasteiger charge is -2.17. The maximum atomic E-state index is 12.7. The molecule has 6 nitrogen and oxygen atoms in total. The topological polar surface area (TPSA) is 63.1 Å². The number of thioether (sulfide) groups is 1. The van der Waals surface area contributed by atoms with Gasteiger partial charge in [0.15, 0.2) is 11.0 Å². The van der Waals surface area contributed by atoms with Crippen LogP contribution in [0.2, 0.25) is 0 Å². The molecule has 3 aromatic rings. The van der Waals surface area contributed by atoms with Gasteiger partial charge in [0.05, 0.1) is 11.8 Å². The molecule has 0 bridgehead atoms. The maximum Gasteiger partial charge on any atom is 0.233 e. The standard InChI is InChI=1S/C23H27N5OS/c1-18(22(29)24-16-19-10-4-2-5-11-19)30-23-26-25-21(17-27-14-8-9-15-27)28(23)20-12-6-3-7-13-20/h2-7,10-13,18H,8-9,14-17H2,1H3,(H,24,29). The molecule has 156 valence electrons. The Hall–Kier alpha value is -2.64. The van der Waals surface area contributed by atoms with Crippen LogP contribution >= 0.6 is 11.8 Å². The van der Waals surface area contributed by atoms with Crippen molar-refractivity contribution in [2.24, 2.45) is 0 Å². The lowest BCUT2D eigenvalue weighted by Crippen LogP contribution is -2.30. The zero-order valence-corrected chi connectivity index (χ0v) is 18.0. The summed E-state index contributed by atoms with van der Waals surface area (Å²) in [4.78, 5) is 15.1. The number of carbonyl (C=O) groups is 1. The molecule has 1 N–H and O–H groups in total. The molecule has 0 aliphatic carbocycles. The monoisotopic (exact) mass is 421 g/mol. The van der Waals surface area contributed by atoms with Gasteiger partial charge in [-0.1, -0.05) is 60.3 Å². The first kappa shape index (κ1) is 20.6. The predicted molar refractivity (Wildman–Crippen MR) is 119 cm³/mol. The Morgan fingerprint density at radius 3 is 2.40 bits per heavy atom. The van der Waals surface area contributed by atoms with Crippen molar-refractivity contribution in [2.45, 2.75) is 43.3 Å². The van der Waals surface area contributed by atoms with Crippen LogP contribution in [-0.2, 0) is 17.9 Å². The minimum absolute atomic E-state index is 0.00689. The number of benzene rings is 2. The van der Waals surface area contributed by atoms with Gasteiger partial charge in [-0.2, -0.15) is 0 Å². The molecule has 0 saturated carbocycles. The highest BCUT2D eigenvalue weighted by Crippen LogP contribution is 2.27. The van der Waals surface area contributed by atoms with Crippen LogP contribution in [0.15, 0.2) is 65.8 Å². The summed E-state index contributed by atoms with van der Waals surface area (Å²) in [5, 5.41) is 12.4. The van der Waals surface area contributed by atoms with Gasteiger partial charge in [-0.05, 0) is 50.6 Å². The van der Waals surface area contributed by atoms with Crippen molar-refractivity contribution in [3.8, 4) is 5.69 Å². The highest BCUT2D eigenvalue weighted by Gasteiger charge is 2.23. The summed E-state index contributed by atoms with van der Waals surface area (Å²) in [6.45, 7) is 5.41. The van der Waals surface area contributed by atoms with Crippen molar-refractivity contribution in [3.05, 3.63) is 72.1 Å². The van der Waals surface area contributed by atoms with E-state index in [4.69, 9.17) is 0 Å². The zero-order chi connectivity index (χ0) is 20.8. The zero-order valence-electron chi connectivity index (χ0n) is 17.2. The summed E-state index contributed by atoms with van der Waals surface area (Å²) >= 11 is 1.45. The first-order valence-electron chi connectivity index (χ1n) is 10.4. The van der Waals surface area contributed by atoms with Crippen molar-refractivity contribution in [1.82, 2.24) is 25.0 Å². The van der Waals surface area contributed by atoms with Gasteiger partial charge in [-0.15, -0.1) is 10.2 Å². The Kier molecular flexibility index (Phi) is 6.81. The molecule has 0 spiro atoms. The Balaban J connectivity index is 1.48. The van der Waals surface area contributed by atoms with Crippen molar-refractivity contribution in [1.29, 1.82) is 0 Å². The van der Waals surface area contributed by atoms with E-state index in [0.29, 0.717) is 6.54 Å². The van der Waals surface area contributed by atoms with Crippen LogP contribution in [0.25, 0.3) is 5.69 Å². The van der Waals surface area contributed by atoms with Gasteiger partial charge in [0, 0.05) is 12.2 Å². The van der Waals surface area contributed by atoms with E-state index in [1.165, 1.54) is 24.6 Å². The Labute approximate surface area is 181 Å². The van der Waals surface area contributed by atoms with Crippen LogP contribution in [-0.4, -0.2) is 43.9 Å². The molecule has 4 rings (SSSR count). The molecule has 7 heteroatoms. The minimum Gasteiger partial charge on any atom is -0.351 e. The number of nitrogens with one attached hydrogen (secondary N) is 1. The molecule has 0 radical (unpaired) electrons. The number of nitrogens with zero attached hydrogens (tertiary/aromatic N) is 4. The highest BCUT2D eigenvalue weighted by atomic mass is 32.2. The molecule has 2 aromatic carbocycles. The molecular weight excluding hydrogens is 394 g/mol. The van der Waals surface area contributed by atoms with Crippen LogP contribution in [0.4, 0.5) is 0 Å². The number of hydrogen-bond acceptors (Lipinski definition) is 5. The molecule has 30 heavy (non-hydrogen) atoms. The Bertz CT molecular complexity index is 954. The van der Waals surface area contributed by atoms with E-state index in [2.05, 4.69) is 37.1 Å². The van der Waals surface area contributed by atoms with Crippen molar-refractivity contribution in [2.75, 3.05) is 13.1 Å². The average molecular weight is 422 g/mol. The van der Waals surface area contributed by atoms with E-state index in [1.807, 2.05) is 55.5 Å². The number of aromatic nitrogens is 3. The highest BCUT2D eigenvalue weighted by molar-refractivity contribution is 8.00. The van der Waals surface area contributed by atoms with Gasteiger partial charge in [0.25, 0.3) is 0 Å². The molecule has 1 fully saturated rings. The number of likely N-dealkylation sites (tertiary alicyclic amines) is 1.